The lowest BCUT2D eigenvalue weighted by molar-refractivity contribution is -0.114. The van der Waals surface area contributed by atoms with E-state index in [4.69, 9.17) is 11.6 Å². The van der Waals surface area contributed by atoms with Gasteiger partial charge in [0.1, 0.15) is 6.54 Å². The maximum atomic E-state index is 12.3. The number of nitrogens with one attached hydrogen (secondary N) is 1. The van der Waals surface area contributed by atoms with Crippen LogP contribution in [0.25, 0.3) is 0 Å². The van der Waals surface area contributed by atoms with Gasteiger partial charge in [0.2, 0.25) is 15.9 Å². The second kappa shape index (κ2) is 7.23. The molecule has 0 saturated carbocycles. The molecule has 0 radical (unpaired) electrons. The molecule has 128 valence electrons. The average molecular weight is 367 g/mol. The number of amides is 1. The minimum atomic E-state index is -3.59. The van der Waals surface area contributed by atoms with Crippen LogP contribution in [0.4, 0.5) is 11.4 Å². The van der Waals surface area contributed by atoms with E-state index in [-0.39, 0.29) is 6.54 Å². The van der Waals surface area contributed by atoms with Crippen molar-refractivity contribution in [1.29, 1.82) is 0 Å². The maximum absolute atomic E-state index is 12.3. The van der Waals surface area contributed by atoms with E-state index in [1.54, 1.807) is 36.4 Å². The van der Waals surface area contributed by atoms with Crippen molar-refractivity contribution >= 4 is 38.9 Å². The Bertz CT molecular complexity index is 866. The van der Waals surface area contributed by atoms with Crippen molar-refractivity contribution in [3.05, 3.63) is 58.6 Å². The topological polar surface area (TPSA) is 66.5 Å². The molecule has 7 heteroatoms. The van der Waals surface area contributed by atoms with Gasteiger partial charge in [-0.05, 0) is 55.3 Å². The minimum absolute atomic E-state index is 0.301. The minimum Gasteiger partial charge on any atom is -0.324 e. The first kappa shape index (κ1) is 18.3. The summed E-state index contributed by atoms with van der Waals surface area (Å²) in [6.07, 6.45) is 1.08. The lowest BCUT2D eigenvalue weighted by Gasteiger charge is -2.22. The number of rotatable bonds is 5. The first-order chi connectivity index (χ1) is 11.2. The van der Waals surface area contributed by atoms with Crippen molar-refractivity contribution in [2.75, 3.05) is 22.4 Å². The van der Waals surface area contributed by atoms with E-state index in [0.29, 0.717) is 16.4 Å². The van der Waals surface area contributed by atoms with Crippen LogP contribution in [0.2, 0.25) is 5.02 Å². The van der Waals surface area contributed by atoms with Crippen molar-refractivity contribution in [3.63, 3.8) is 0 Å². The smallest absolute Gasteiger partial charge is 0.245 e. The molecular formula is C17H19ClN2O3S. The first-order valence-electron chi connectivity index (χ1n) is 7.27. The molecule has 0 unspecified atom stereocenters. The molecule has 0 bridgehead atoms. The Kier molecular flexibility index (Phi) is 5.51. The third-order valence-electron chi connectivity index (χ3n) is 3.44. The van der Waals surface area contributed by atoms with Crippen LogP contribution >= 0.6 is 11.6 Å². The van der Waals surface area contributed by atoms with Gasteiger partial charge >= 0.3 is 0 Å². The summed E-state index contributed by atoms with van der Waals surface area (Å²) >= 11 is 5.89. The Hall–Kier alpha value is -2.05. The summed E-state index contributed by atoms with van der Waals surface area (Å²) in [5, 5.41) is 3.29. The molecular weight excluding hydrogens is 348 g/mol. The van der Waals surface area contributed by atoms with Crippen molar-refractivity contribution in [2.24, 2.45) is 0 Å². The fraction of sp³-hybridized carbons (Fsp3) is 0.235. The Labute approximate surface area is 147 Å². The lowest BCUT2D eigenvalue weighted by Crippen LogP contribution is -2.37. The molecule has 0 saturated heterocycles. The number of anilines is 2. The van der Waals surface area contributed by atoms with Crippen LogP contribution < -0.4 is 9.62 Å². The molecule has 0 aromatic heterocycles. The summed E-state index contributed by atoms with van der Waals surface area (Å²) < 4.78 is 25.2. The van der Waals surface area contributed by atoms with Crippen molar-refractivity contribution in [3.8, 4) is 0 Å². The fourth-order valence-corrected chi connectivity index (χ4v) is 3.35. The van der Waals surface area contributed by atoms with Gasteiger partial charge in [-0.25, -0.2) is 8.42 Å². The van der Waals surface area contributed by atoms with E-state index in [2.05, 4.69) is 5.32 Å². The number of carbonyl (C=O) groups is 1. The van der Waals surface area contributed by atoms with Crippen LogP contribution in [0.5, 0.6) is 0 Å². The Morgan fingerprint density at radius 3 is 2.46 bits per heavy atom. The zero-order chi connectivity index (χ0) is 17.9. The second-order valence-corrected chi connectivity index (χ2v) is 7.96. The summed E-state index contributed by atoms with van der Waals surface area (Å²) in [6.45, 7) is 3.38. The van der Waals surface area contributed by atoms with E-state index in [1.165, 1.54) is 0 Å². The van der Waals surface area contributed by atoms with Gasteiger partial charge in [0.15, 0.2) is 0 Å². The number of aryl methyl sites for hydroxylation is 2. The summed E-state index contributed by atoms with van der Waals surface area (Å²) in [4.78, 5) is 12.3. The van der Waals surface area contributed by atoms with Crippen molar-refractivity contribution in [2.45, 2.75) is 13.8 Å². The molecule has 2 rings (SSSR count). The molecule has 2 aromatic rings. The standard InChI is InChI=1S/C17H19ClN2O3S/c1-12-5-4-6-15(9-12)20(24(3,22)23)11-17(21)19-16-8-7-14(18)10-13(16)2/h4-10H,11H2,1-3H3,(H,19,21). The van der Waals surface area contributed by atoms with Crippen molar-refractivity contribution < 1.29 is 13.2 Å². The highest BCUT2D eigenvalue weighted by Crippen LogP contribution is 2.21. The third kappa shape index (κ3) is 4.72. The molecule has 2 aromatic carbocycles. The molecule has 24 heavy (non-hydrogen) atoms. The Morgan fingerprint density at radius 1 is 1.17 bits per heavy atom. The highest BCUT2D eigenvalue weighted by molar-refractivity contribution is 7.92. The van der Waals surface area contributed by atoms with E-state index in [1.807, 2.05) is 19.9 Å². The van der Waals surface area contributed by atoms with Crippen LogP contribution in [0.1, 0.15) is 11.1 Å². The molecule has 0 spiro atoms. The van der Waals surface area contributed by atoms with Gasteiger partial charge in [-0.15, -0.1) is 0 Å². The summed E-state index contributed by atoms with van der Waals surface area (Å²) in [7, 11) is -3.59. The molecule has 0 aliphatic heterocycles. The van der Waals surface area contributed by atoms with Gasteiger partial charge in [0, 0.05) is 10.7 Å². The monoisotopic (exact) mass is 366 g/mol. The third-order valence-corrected chi connectivity index (χ3v) is 4.82. The number of sulfonamides is 1. The lowest BCUT2D eigenvalue weighted by atomic mass is 10.2. The average Bonchev–Trinajstić information content (AvgIpc) is 2.46. The Morgan fingerprint density at radius 2 is 1.88 bits per heavy atom. The molecule has 0 atom stereocenters. The fourth-order valence-electron chi connectivity index (χ4n) is 2.27. The normalized spacial score (nSPS) is 11.2. The quantitative estimate of drug-likeness (QED) is 0.882. The van der Waals surface area contributed by atoms with Crippen LogP contribution in [0, 0.1) is 13.8 Å². The molecule has 1 N–H and O–H groups in total. The molecule has 0 heterocycles. The number of benzene rings is 2. The maximum Gasteiger partial charge on any atom is 0.245 e. The summed E-state index contributed by atoms with van der Waals surface area (Å²) in [6, 6.07) is 12.1. The van der Waals surface area contributed by atoms with Crippen LogP contribution in [0.15, 0.2) is 42.5 Å². The SMILES string of the molecule is Cc1cccc(N(CC(=O)Nc2ccc(Cl)cc2C)S(C)(=O)=O)c1. The summed E-state index contributed by atoms with van der Waals surface area (Å²) in [5.74, 6) is -0.424. The number of hydrogen-bond donors (Lipinski definition) is 1. The Balaban J connectivity index is 2.22. The largest absolute Gasteiger partial charge is 0.324 e. The van der Waals surface area contributed by atoms with E-state index in [9.17, 15) is 13.2 Å². The number of nitrogens with zero attached hydrogens (tertiary/aromatic N) is 1. The van der Waals surface area contributed by atoms with Gasteiger partial charge in [-0.2, -0.15) is 0 Å². The van der Waals surface area contributed by atoms with Crippen LogP contribution in [-0.4, -0.2) is 27.1 Å². The predicted molar refractivity (Wildman–Crippen MR) is 98.2 cm³/mol. The van der Waals surface area contributed by atoms with Crippen molar-refractivity contribution in [1.82, 2.24) is 0 Å². The molecule has 0 aliphatic rings. The zero-order valence-corrected chi connectivity index (χ0v) is 15.3. The molecule has 0 fully saturated rings. The zero-order valence-electron chi connectivity index (χ0n) is 13.7. The second-order valence-electron chi connectivity index (χ2n) is 5.62. The van der Waals surface area contributed by atoms with Gasteiger partial charge in [0.05, 0.1) is 11.9 Å². The van der Waals surface area contributed by atoms with E-state index in [0.717, 1.165) is 21.7 Å². The van der Waals surface area contributed by atoms with Crippen LogP contribution in [0.3, 0.4) is 0 Å². The molecule has 0 aliphatic carbocycles. The first-order valence-corrected chi connectivity index (χ1v) is 9.50. The molecule has 1 amide bonds. The van der Waals surface area contributed by atoms with Gasteiger partial charge in [-0.3, -0.25) is 9.10 Å². The van der Waals surface area contributed by atoms with Crippen LogP contribution in [-0.2, 0) is 14.8 Å². The number of hydrogen-bond acceptors (Lipinski definition) is 3. The molecule has 5 nitrogen and oxygen atoms in total. The highest BCUT2D eigenvalue weighted by Gasteiger charge is 2.21. The van der Waals surface area contributed by atoms with Gasteiger partial charge < -0.3 is 5.32 Å². The van der Waals surface area contributed by atoms with Gasteiger partial charge in [0.25, 0.3) is 0 Å². The number of carbonyl (C=O) groups excluding carboxylic acids is 1. The van der Waals surface area contributed by atoms with Gasteiger partial charge in [-0.1, -0.05) is 23.7 Å². The summed E-state index contributed by atoms with van der Waals surface area (Å²) in [5.41, 5.74) is 2.77. The van der Waals surface area contributed by atoms with E-state index < -0.39 is 15.9 Å². The van der Waals surface area contributed by atoms with E-state index >= 15 is 0 Å². The highest BCUT2D eigenvalue weighted by atomic mass is 35.5. The number of halogens is 1. The predicted octanol–water partition coefficient (Wildman–Crippen LogP) is 3.36.